The number of hydrogen-bond acceptors (Lipinski definition) is 4. The second-order valence-electron chi connectivity index (χ2n) is 4.10. The van der Waals surface area contributed by atoms with E-state index in [2.05, 4.69) is 10.3 Å². The first-order valence-corrected chi connectivity index (χ1v) is 6.30. The van der Waals surface area contributed by atoms with Gasteiger partial charge in [-0.3, -0.25) is 0 Å². The summed E-state index contributed by atoms with van der Waals surface area (Å²) in [5.74, 6) is 0. The molecule has 6 heteroatoms. The zero-order chi connectivity index (χ0) is 13.7. The van der Waals surface area contributed by atoms with Crippen molar-refractivity contribution in [2.24, 2.45) is 0 Å². The van der Waals surface area contributed by atoms with E-state index in [1.807, 2.05) is 30.3 Å². The first kappa shape index (κ1) is 13.5. The van der Waals surface area contributed by atoms with E-state index in [0.717, 1.165) is 11.3 Å². The molecule has 0 aliphatic rings. The van der Waals surface area contributed by atoms with Crippen LogP contribution in [0.15, 0.2) is 24.3 Å². The average Bonchev–Trinajstić information content (AvgIpc) is 2.81. The van der Waals surface area contributed by atoms with Gasteiger partial charge in [0, 0.05) is 24.6 Å². The number of nitrogens with zero attached hydrogens (tertiary/aromatic N) is 4. The van der Waals surface area contributed by atoms with Crippen molar-refractivity contribution in [1.82, 2.24) is 15.0 Å². The molecule has 0 saturated heterocycles. The van der Waals surface area contributed by atoms with Gasteiger partial charge in [0.05, 0.1) is 5.69 Å². The average molecular weight is 277 g/mol. The molecule has 1 N–H and O–H groups in total. The minimum atomic E-state index is 0.0854. The predicted molar refractivity (Wildman–Crippen MR) is 70.7 cm³/mol. The van der Waals surface area contributed by atoms with E-state index in [4.69, 9.17) is 22.0 Å². The minimum Gasteiger partial charge on any atom is -0.396 e. The van der Waals surface area contributed by atoms with Gasteiger partial charge in [0.2, 0.25) is 0 Å². The van der Waals surface area contributed by atoms with E-state index in [1.54, 1.807) is 4.68 Å². The van der Waals surface area contributed by atoms with Crippen LogP contribution in [0.25, 0.3) is 0 Å². The van der Waals surface area contributed by atoms with Gasteiger partial charge in [-0.2, -0.15) is 5.26 Å². The number of aliphatic hydroxyl groups excluding tert-OH is 1. The topological polar surface area (TPSA) is 74.7 Å². The summed E-state index contributed by atoms with van der Waals surface area (Å²) in [6.45, 7) is 0.635. The third-order valence-corrected chi connectivity index (χ3v) is 3.01. The molecule has 0 fully saturated rings. The number of rotatable bonds is 5. The maximum atomic E-state index is 9.04. The molecule has 0 unspecified atom stereocenters. The third-order valence-electron chi connectivity index (χ3n) is 2.76. The number of aryl methyl sites for hydroxylation is 1. The molecule has 1 aromatic heterocycles. The summed E-state index contributed by atoms with van der Waals surface area (Å²) in [6, 6.07) is 9.48. The van der Waals surface area contributed by atoms with Crippen LogP contribution in [0.4, 0.5) is 0 Å². The van der Waals surface area contributed by atoms with Crippen molar-refractivity contribution in [3.8, 4) is 6.07 Å². The highest BCUT2D eigenvalue weighted by atomic mass is 35.5. The van der Waals surface area contributed by atoms with Crippen LogP contribution in [0.2, 0.25) is 5.02 Å². The van der Waals surface area contributed by atoms with Crippen molar-refractivity contribution in [2.45, 2.75) is 19.4 Å². The van der Waals surface area contributed by atoms with Crippen molar-refractivity contribution >= 4 is 11.6 Å². The largest absolute Gasteiger partial charge is 0.396 e. The van der Waals surface area contributed by atoms with Gasteiger partial charge in [-0.15, -0.1) is 5.10 Å². The van der Waals surface area contributed by atoms with Gasteiger partial charge in [-0.1, -0.05) is 28.9 Å². The fourth-order valence-corrected chi connectivity index (χ4v) is 1.92. The second kappa shape index (κ2) is 6.32. The van der Waals surface area contributed by atoms with Crippen LogP contribution in [0.1, 0.15) is 23.4 Å². The number of aromatic nitrogens is 3. The molecule has 19 heavy (non-hydrogen) atoms. The Bertz CT molecular complexity index is 586. The molecule has 0 spiro atoms. The highest BCUT2D eigenvalue weighted by molar-refractivity contribution is 6.30. The maximum Gasteiger partial charge on any atom is 0.186 e. The van der Waals surface area contributed by atoms with Gasteiger partial charge in [-0.05, 0) is 24.1 Å². The molecule has 2 rings (SSSR count). The van der Waals surface area contributed by atoms with Crippen LogP contribution < -0.4 is 0 Å². The number of nitriles is 1. The van der Waals surface area contributed by atoms with Gasteiger partial charge < -0.3 is 5.11 Å². The first-order valence-electron chi connectivity index (χ1n) is 5.92. The van der Waals surface area contributed by atoms with E-state index in [0.29, 0.717) is 30.1 Å². The van der Waals surface area contributed by atoms with E-state index in [-0.39, 0.29) is 6.61 Å². The molecular formula is C13H13ClN4O. The summed E-state index contributed by atoms with van der Waals surface area (Å²) >= 11 is 5.84. The Morgan fingerprint density at radius 2 is 2.05 bits per heavy atom. The lowest BCUT2D eigenvalue weighted by atomic mass is 10.1. The van der Waals surface area contributed by atoms with Crippen LogP contribution in [0.5, 0.6) is 0 Å². The summed E-state index contributed by atoms with van der Waals surface area (Å²) in [5.41, 5.74) is 2.12. The number of aliphatic hydroxyl groups is 1. The monoisotopic (exact) mass is 276 g/mol. The molecule has 5 nitrogen and oxygen atoms in total. The van der Waals surface area contributed by atoms with Crippen molar-refractivity contribution in [1.29, 1.82) is 5.26 Å². The minimum absolute atomic E-state index is 0.0854. The molecule has 2 aromatic rings. The number of benzene rings is 1. The highest BCUT2D eigenvalue weighted by Gasteiger charge is 2.12. The van der Waals surface area contributed by atoms with Gasteiger partial charge in [0.1, 0.15) is 6.07 Å². The summed E-state index contributed by atoms with van der Waals surface area (Å²) in [5, 5.41) is 26.4. The SMILES string of the molecule is N#Cc1nnn(CCCO)c1Cc1ccc(Cl)cc1. The molecule has 0 saturated carbocycles. The molecule has 0 bridgehead atoms. The standard InChI is InChI=1S/C13H13ClN4O/c14-11-4-2-10(3-5-11)8-13-12(9-15)16-17-18(13)6-1-7-19/h2-5,19H,1,6-8H2. The van der Waals surface area contributed by atoms with Gasteiger partial charge in [0.25, 0.3) is 0 Å². The fourth-order valence-electron chi connectivity index (χ4n) is 1.79. The molecule has 0 radical (unpaired) electrons. The van der Waals surface area contributed by atoms with Crippen LogP contribution in [0.3, 0.4) is 0 Å². The molecule has 0 atom stereocenters. The van der Waals surface area contributed by atoms with E-state index in [9.17, 15) is 0 Å². The Morgan fingerprint density at radius 1 is 1.32 bits per heavy atom. The predicted octanol–water partition coefficient (Wildman–Crippen LogP) is 1.78. The van der Waals surface area contributed by atoms with Gasteiger partial charge in [-0.25, -0.2) is 4.68 Å². The Balaban J connectivity index is 2.24. The molecule has 98 valence electrons. The lowest BCUT2D eigenvalue weighted by molar-refractivity contribution is 0.275. The summed E-state index contributed by atoms with van der Waals surface area (Å²) < 4.78 is 1.67. The third kappa shape index (κ3) is 3.31. The Labute approximate surface area is 116 Å². The zero-order valence-electron chi connectivity index (χ0n) is 10.3. The van der Waals surface area contributed by atoms with Gasteiger partial charge >= 0.3 is 0 Å². The number of halogens is 1. The lowest BCUT2D eigenvalue weighted by Crippen LogP contribution is -2.08. The highest BCUT2D eigenvalue weighted by Crippen LogP contribution is 2.15. The normalized spacial score (nSPS) is 10.4. The molecule has 1 aromatic carbocycles. The van der Waals surface area contributed by atoms with Gasteiger partial charge in [0.15, 0.2) is 5.69 Å². The Morgan fingerprint density at radius 3 is 2.68 bits per heavy atom. The van der Waals surface area contributed by atoms with Crippen LogP contribution in [0, 0.1) is 11.3 Å². The van der Waals surface area contributed by atoms with Crippen molar-refractivity contribution in [2.75, 3.05) is 6.61 Å². The van der Waals surface area contributed by atoms with E-state index in [1.165, 1.54) is 0 Å². The quantitative estimate of drug-likeness (QED) is 0.903. The molecular weight excluding hydrogens is 264 g/mol. The van der Waals surface area contributed by atoms with E-state index >= 15 is 0 Å². The van der Waals surface area contributed by atoms with Crippen molar-refractivity contribution in [3.63, 3.8) is 0 Å². The summed E-state index contributed by atoms with van der Waals surface area (Å²) in [6.07, 6.45) is 1.15. The van der Waals surface area contributed by atoms with Crippen molar-refractivity contribution < 1.29 is 5.11 Å². The Kier molecular flexibility index (Phi) is 4.50. The fraction of sp³-hybridized carbons (Fsp3) is 0.308. The van der Waals surface area contributed by atoms with Crippen LogP contribution in [-0.2, 0) is 13.0 Å². The second-order valence-corrected chi connectivity index (χ2v) is 4.54. The molecule has 0 aliphatic carbocycles. The van der Waals surface area contributed by atoms with Crippen LogP contribution in [-0.4, -0.2) is 26.7 Å². The van der Waals surface area contributed by atoms with E-state index < -0.39 is 0 Å². The molecule has 0 aliphatic heterocycles. The number of hydrogen-bond donors (Lipinski definition) is 1. The maximum absolute atomic E-state index is 9.04. The first-order chi connectivity index (χ1) is 9.24. The zero-order valence-corrected chi connectivity index (χ0v) is 11.0. The lowest BCUT2D eigenvalue weighted by Gasteiger charge is -2.06. The molecule has 1 heterocycles. The summed E-state index contributed by atoms with van der Waals surface area (Å²) in [7, 11) is 0. The van der Waals surface area contributed by atoms with Crippen molar-refractivity contribution in [3.05, 3.63) is 46.2 Å². The smallest absolute Gasteiger partial charge is 0.186 e. The van der Waals surface area contributed by atoms with Crippen LogP contribution >= 0.6 is 11.6 Å². The summed E-state index contributed by atoms with van der Waals surface area (Å²) in [4.78, 5) is 0. The Hall–Kier alpha value is -1.90. The molecule has 0 amide bonds.